The molecular weight excluding hydrogens is 283 g/mol. The fourth-order valence-electron chi connectivity index (χ4n) is 1.92. The van der Waals surface area contributed by atoms with E-state index >= 15 is 0 Å². The topological polar surface area (TPSA) is 68.6 Å². The van der Waals surface area contributed by atoms with Crippen molar-refractivity contribution in [3.63, 3.8) is 0 Å². The third kappa shape index (κ3) is 3.17. The van der Waals surface area contributed by atoms with Crippen molar-refractivity contribution in [2.45, 2.75) is 6.42 Å². The lowest BCUT2D eigenvalue weighted by molar-refractivity contribution is 0.0986. The van der Waals surface area contributed by atoms with E-state index in [0.717, 1.165) is 6.07 Å². The molecule has 5 nitrogen and oxygen atoms in total. The molecule has 0 spiro atoms. The summed E-state index contributed by atoms with van der Waals surface area (Å²) in [5.41, 5.74) is 1.91. The average molecular weight is 294 g/mol. The Morgan fingerprint density at radius 1 is 0.955 bits per heavy atom. The van der Waals surface area contributed by atoms with Gasteiger partial charge >= 0.3 is 0 Å². The molecule has 0 saturated heterocycles. The molecule has 0 aliphatic rings. The van der Waals surface area contributed by atoms with E-state index in [1.807, 2.05) is 18.2 Å². The smallest absolute Gasteiger partial charge is 0.187 e. The molecule has 0 unspecified atom stereocenters. The molecule has 3 heterocycles. The molecule has 0 aliphatic carbocycles. The van der Waals surface area contributed by atoms with Crippen molar-refractivity contribution in [2.24, 2.45) is 0 Å². The van der Waals surface area contributed by atoms with Gasteiger partial charge in [-0.3, -0.25) is 14.8 Å². The normalized spacial score (nSPS) is 10.4. The van der Waals surface area contributed by atoms with Crippen LogP contribution in [0.4, 0.5) is 4.39 Å². The summed E-state index contributed by atoms with van der Waals surface area (Å²) < 4.78 is 13.1. The Hall–Kier alpha value is -3.02. The lowest BCUT2D eigenvalue weighted by Gasteiger charge is -2.02. The van der Waals surface area contributed by atoms with Crippen LogP contribution in [0.2, 0.25) is 0 Å². The minimum atomic E-state index is -0.491. The van der Waals surface area contributed by atoms with Crippen LogP contribution in [0.1, 0.15) is 16.2 Å². The van der Waals surface area contributed by atoms with Gasteiger partial charge in [0.2, 0.25) is 0 Å². The van der Waals surface area contributed by atoms with Crippen molar-refractivity contribution in [1.29, 1.82) is 0 Å². The number of rotatable bonds is 4. The van der Waals surface area contributed by atoms with Gasteiger partial charge in [0.25, 0.3) is 0 Å². The first-order valence-electron chi connectivity index (χ1n) is 6.61. The van der Waals surface area contributed by atoms with Crippen LogP contribution in [-0.4, -0.2) is 25.9 Å². The van der Waals surface area contributed by atoms with Gasteiger partial charge in [-0.1, -0.05) is 6.07 Å². The highest BCUT2D eigenvalue weighted by Crippen LogP contribution is 2.13. The maximum atomic E-state index is 13.1. The van der Waals surface area contributed by atoms with Crippen molar-refractivity contribution in [2.75, 3.05) is 0 Å². The van der Waals surface area contributed by atoms with Gasteiger partial charge in [0, 0.05) is 18.5 Å². The second kappa shape index (κ2) is 6.17. The van der Waals surface area contributed by atoms with E-state index in [-0.39, 0.29) is 17.9 Å². The molecule has 0 atom stereocenters. The van der Waals surface area contributed by atoms with E-state index in [0.29, 0.717) is 17.1 Å². The van der Waals surface area contributed by atoms with Gasteiger partial charge in [-0.15, -0.1) is 5.10 Å². The highest BCUT2D eigenvalue weighted by atomic mass is 19.1. The molecule has 0 bridgehead atoms. The van der Waals surface area contributed by atoms with Crippen LogP contribution in [-0.2, 0) is 6.42 Å². The minimum absolute atomic E-state index is 0.0198. The fraction of sp³-hybridized carbons (Fsp3) is 0.0625. The van der Waals surface area contributed by atoms with E-state index in [2.05, 4.69) is 20.2 Å². The highest BCUT2D eigenvalue weighted by molar-refractivity contribution is 5.95. The molecule has 22 heavy (non-hydrogen) atoms. The van der Waals surface area contributed by atoms with Crippen LogP contribution in [0.25, 0.3) is 11.4 Å². The van der Waals surface area contributed by atoms with Crippen molar-refractivity contribution in [3.05, 3.63) is 72.1 Å². The van der Waals surface area contributed by atoms with Gasteiger partial charge in [0.1, 0.15) is 17.2 Å². The van der Waals surface area contributed by atoms with E-state index in [4.69, 9.17) is 0 Å². The van der Waals surface area contributed by atoms with Crippen LogP contribution in [0, 0.1) is 5.82 Å². The Morgan fingerprint density at radius 2 is 1.86 bits per heavy atom. The van der Waals surface area contributed by atoms with Crippen LogP contribution in [0.15, 0.2) is 54.9 Å². The molecule has 0 saturated carbocycles. The van der Waals surface area contributed by atoms with E-state index in [1.54, 1.807) is 18.3 Å². The molecule has 3 aromatic rings. The zero-order chi connectivity index (χ0) is 15.4. The van der Waals surface area contributed by atoms with Crippen LogP contribution < -0.4 is 0 Å². The number of nitrogens with zero attached hydrogens (tertiary/aromatic N) is 4. The van der Waals surface area contributed by atoms with Gasteiger partial charge in [-0.2, -0.15) is 5.10 Å². The molecule has 0 aromatic carbocycles. The molecule has 0 aliphatic heterocycles. The van der Waals surface area contributed by atoms with Gasteiger partial charge in [0.15, 0.2) is 5.78 Å². The van der Waals surface area contributed by atoms with Gasteiger partial charge in [-0.05, 0) is 30.3 Å². The number of aromatic nitrogens is 4. The summed E-state index contributed by atoms with van der Waals surface area (Å²) in [6, 6.07) is 11.2. The molecular formula is C16H11FN4O. The predicted octanol–water partition coefficient (Wildman–Crippen LogP) is 2.50. The van der Waals surface area contributed by atoms with Crippen molar-refractivity contribution >= 4 is 5.78 Å². The zero-order valence-electron chi connectivity index (χ0n) is 11.5. The number of carbonyl (C=O) groups is 1. The monoisotopic (exact) mass is 294 g/mol. The molecule has 0 fully saturated rings. The Bertz CT molecular complexity index is 791. The first-order chi connectivity index (χ1) is 10.7. The maximum absolute atomic E-state index is 13.1. The first-order valence-corrected chi connectivity index (χ1v) is 6.61. The summed E-state index contributed by atoms with van der Waals surface area (Å²) in [5.74, 6) is -0.797. The third-order valence-electron chi connectivity index (χ3n) is 3.00. The average Bonchev–Trinajstić information content (AvgIpc) is 2.56. The number of Topliss-reactive ketones (excluding diaryl/α,β-unsaturated/α-hetero) is 1. The van der Waals surface area contributed by atoms with Crippen molar-refractivity contribution < 1.29 is 9.18 Å². The summed E-state index contributed by atoms with van der Waals surface area (Å²) in [7, 11) is 0. The Balaban J connectivity index is 1.75. The minimum Gasteiger partial charge on any atom is -0.292 e. The number of ketones is 1. The molecule has 0 radical (unpaired) electrons. The maximum Gasteiger partial charge on any atom is 0.187 e. The second-order valence-corrected chi connectivity index (χ2v) is 4.58. The Morgan fingerprint density at radius 3 is 2.55 bits per heavy atom. The lowest BCUT2D eigenvalue weighted by Crippen LogP contribution is -2.08. The fourth-order valence-corrected chi connectivity index (χ4v) is 1.92. The molecule has 0 amide bonds. The Kier molecular flexibility index (Phi) is 3.91. The van der Waals surface area contributed by atoms with E-state index in [1.165, 1.54) is 12.3 Å². The zero-order valence-corrected chi connectivity index (χ0v) is 11.5. The summed E-state index contributed by atoms with van der Waals surface area (Å²) >= 11 is 0. The summed E-state index contributed by atoms with van der Waals surface area (Å²) in [4.78, 5) is 20.0. The Labute approximate surface area is 125 Å². The van der Waals surface area contributed by atoms with Crippen LogP contribution in [0.5, 0.6) is 0 Å². The molecule has 108 valence electrons. The van der Waals surface area contributed by atoms with Crippen LogP contribution in [0.3, 0.4) is 0 Å². The summed E-state index contributed by atoms with van der Waals surface area (Å²) in [6.07, 6.45) is 2.95. The summed E-state index contributed by atoms with van der Waals surface area (Å²) in [5, 5.41) is 8.06. The number of pyridine rings is 2. The molecule has 3 aromatic heterocycles. The number of hydrogen-bond acceptors (Lipinski definition) is 5. The molecule has 6 heteroatoms. The van der Waals surface area contributed by atoms with Gasteiger partial charge in [0.05, 0.1) is 17.8 Å². The second-order valence-electron chi connectivity index (χ2n) is 4.58. The van der Waals surface area contributed by atoms with Crippen LogP contribution >= 0.6 is 0 Å². The lowest BCUT2D eigenvalue weighted by atomic mass is 10.1. The highest BCUT2D eigenvalue weighted by Gasteiger charge is 2.11. The number of halogens is 1. The standard InChI is InChI=1S/C16H11FN4O/c17-11-6-8-19-15(9-11)16(22)10-12-4-5-14(21-20-12)13-3-1-2-7-18-13/h1-9H,10H2. The number of carbonyl (C=O) groups excluding carboxylic acids is 1. The first kappa shape index (κ1) is 13.9. The SMILES string of the molecule is O=C(Cc1ccc(-c2ccccn2)nn1)c1cc(F)ccn1. The van der Waals surface area contributed by atoms with Crippen molar-refractivity contribution in [3.8, 4) is 11.4 Å². The quantitative estimate of drug-likeness (QED) is 0.691. The molecule has 3 rings (SSSR count). The largest absolute Gasteiger partial charge is 0.292 e. The van der Waals surface area contributed by atoms with E-state index < -0.39 is 5.82 Å². The van der Waals surface area contributed by atoms with Gasteiger partial charge in [-0.25, -0.2) is 4.39 Å². The third-order valence-corrected chi connectivity index (χ3v) is 3.00. The number of hydrogen-bond donors (Lipinski definition) is 0. The summed E-state index contributed by atoms with van der Waals surface area (Å²) in [6.45, 7) is 0. The van der Waals surface area contributed by atoms with Crippen molar-refractivity contribution in [1.82, 2.24) is 20.2 Å². The molecule has 0 N–H and O–H groups in total. The van der Waals surface area contributed by atoms with E-state index in [9.17, 15) is 9.18 Å². The predicted molar refractivity (Wildman–Crippen MR) is 77.5 cm³/mol. The van der Waals surface area contributed by atoms with Gasteiger partial charge < -0.3 is 0 Å².